The smallest absolute Gasteiger partial charge is 0.343 e. The third-order valence-corrected chi connectivity index (χ3v) is 2.97. The molecule has 0 aromatic heterocycles. The average molecular weight is 349 g/mol. The van der Waals surface area contributed by atoms with Gasteiger partial charge < -0.3 is 15.2 Å². The minimum atomic E-state index is -2.16. The Bertz CT molecular complexity index is 660. The first-order chi connectivity index (χ1) is 11.3. The van der Waals surface area contributed by atoms with E-state index in [1.807, 2.05) is 0 Å². The normalized spacial score (nSPS) is 11.4. The van der Waals surface area contributed by atoms with Crippen molar-refractivity contribution >= 4 is 11.8 Å². The summed E-state index contributed by atoms with van der Waals surface area (Å²) in [4.78, 5) is 24.2. The van der Waals surface area contributed by atoms with Crippen LogP contribution in [-0.4, -0.2) is 36.6 Å². The highest BCUT2D eigenvalue weighted by Gasteiger charge is 2.31. The molecule has 0 amide bonds. The molecule has 0 bridgehead atoms. The van der Waals surface area contributed by atoms with E-state index in [0.717, 1.165) is 13.1 Å². The molecule has 24 heavy (non-hydrogen) atoms. The van der Waals surface area contributed by atoms with Gasteiger partial charge in [0.05, 0.1) is 18.8 Å². The van der Waals surface area contributed by atoms with Gasteiger partial charge in [-0.05, 0) is 13.8 Å². The Kier molecular flexibility index (Phi) is 6.90. The minimum Gasteiger partial charge on any atom is -0.462 e. The molecule has 0 aliphatic heterocycles. The number of hydrogen-bond acceptors (Lipinski definition) is 5. The summed E-state index contributed by atoms with van der Waals surface area (Å²) in [5.74, 6) is -10.4. The van der Waals surface area contributed by atoms with Gasteiger partial charge in [-0.1, -0.05) is 0 Å². The number of aliphatic hydroxyl groups excluding tert-OH is 1. The minimum absolute atomic E-state index is 0.0518. The van der Waals surface area contributed by atoms with E-state index < -0.39 is 51.7 Å². The van der Waals surface area contributed by atoms with Gasteiger partial charge in [0.15, 0.2) is 23.3 Å². The fourth-order valence-corrected chi connectivity index (χ4v) is 1.81. The van der Waals surface area contributed by atoms with Crippen molar-refractivity contribution in [3.05, 3.63) is 46.2 Å². The quantitative estimate of drug-likeness (QED) is 0.0903. The monoisotopic (exact) mass is 349 g/mol. The Morgan fingerprint density at radius 2 is 1.71 bits per heavy atom. The Morgan fingerprint density at radius 1 is 1.12 bits per heavy atom. The van der Waals surface area contributed by atoms with Crippen molar-refractivity contribution < 1.29 is 37.0 Å². The molecule has 1 aromatic carbocycles. The predicted octanol–water partition coefficient (Wildman–Crippen LogP) is 1.76. The number of esters is 1. The molecule has 0 spiro atoms. The summed E-state index contributed by atoms with van der Waals surface area (Å²) < 4.78 is 58.7. The van der Waals surface area contributed by atoms with E-state index >= 15 is 0 Å². The number of ether oxygens (including phenoxy) is 1. The second kappa shape index (κ2) is 8.44. The molecule has 0 fully saturated rings. The number of carbonyl (C=O) groups excluding carboxylic acids is 2. The molecule has 0 aliphatic rings. The molecule has 5 nitrogen and oxygen atoms in total. The van der Waals surface area contributed by atoms with Gasteiger partial charge in [0.25, 0.3) is 0 Å². The van der Waals surface area contributed by atoms with Crippen LogP contribution in [0.15, 0.2) is 11.8 Å². The van der Waals surface area contributed by atoms with Crippen LogP contribution in [0.3, 0.4) is 0 Å². The fraction of sp³-hybridized carbons (Fsp3) is 0.333. The molecular weight excluding hydrogens is 334 g/mol. The number of Topliss-reactive ketones (excluding diaryl/α,β-unsaturated/α-hetero) is 1. The summed E-state index contributed by atoms with van der Waals surface area (Å²) in [5.41, 5.74) is -2.65. The molecule has 0 atom stereocenters. The molecular formula is C15H15F4NO4. The van der Waals surface area contributed by atoms with Gasteiger partial charge in [-0.3, -0.25) is 4.79 Å². The molecule has 9 heteroatoms. The maximum Gasteiger partial charge on any atom is 0.343 e. The molecule has 1 rings (SSSR count). The number of halogens is 4. The lowest BCUT2D eigenvalue weighted by atomic mass is 9.97. The fourth-order valence-electron chi connectivity index (χ4n) is 1.81. The van der Waals surface area contributed by atoms with Crippen LogP contribution >= 0.6 is 0 Å². The zero-order valence-electron chi connectivity index (χ0n) is 12.9. The number of aliphatic hydroxyl groups is 1. The molecule has 132 valence electrons. The molecule has 1 aromatic rings. The summed E-state index contributed by atoms with van der Waals surface area (Å²) >= 11 is 0. The molecule has 0 aliphatic carbocycles. The van der Waals surface area contributed by atoms with Crippen molar-refractivity contribution in [3.8, 4) is 0 Å². The average Bonchev–Trinajstić information content (AvgIpc) is 2.55. The summed E-state index contributed by atoms with van der Waals surface area (Å²) in [5, 5.41) is 11.1. The summed E-state index contributed by atoms with van der Waals surface area (Å²) in [6.07, 6.45) is 0.828. The largest absolute Gasteiger partial charge is 0.462 e. The Labute approximate surface area is 134 Å². The Hall–Kier alpha value is -2.42. The summed E-state index contributed by atoms with van der Waals surface area (Å²) in [6.45, 7) is 1.82. The van der Waals surface area contributed by atoms with Crippen molar-refractivity contribution in [2.24, 2.45) is 0 Å². The third-order valence-electron chi connectivity index (χ3n) is 2.97. The van der Waals surface area contributed by atoms with Gasteiger partial charge in [-0.2, -0.15) is 0 Å². The predicted molar refractivity (Wildman–Crippen MR) is 75.1 cm³/mol. The summed E-state index contributed by atoms with van der Waals surface area (Å²) in [7, 11) is 0. The molecule has 0 radical (unpaired) electrons. The molecule has 0 saturated heterocycles. The molecule has 0 saturated carbocycles. The molecule has 0 unspecified atom stereocenters. The van der Waals surface area contributed by atoms with Crippen LogP contribution in [0.4, 0.5) is 17.6 Å². The first-order valence-corrected chi connectivity index (χ1v) is 6.86. The number of ketones is 1. The second-order valence-corrected chi connectivity index (χ2v) is 4.54. The zero-order chi connectivity index (χ0) is 18.4. The van der Waals surface area contributed by atoms with Crippen molar-refractivity contribution in [3.63, 3.8) is 0 Å². The first kappa shape index (κ1) is 19.6. The van der Waals surface area contributed by atoms with Crippen LogP contribution in [0.5, 0.6) is 0 Å². The van der Waals surface area contributed by atoms with Crippen LogP contribution in [0.2, 0.25) is 0 Å². The third kappa shape index (κ3) is 3.91. The maximum absolute atomic E-state index is 13.9. The first-order valence-electron chi connectivity index (χ1n) is 6.86. The number of benzene rings is 1. The van der Waals surface area contributed by atoms with Gasteiger partial charge in [-0.25, -0.2) is 22.4 Å². The van der Waals surface area contributed by atoms with Crippen LogP contribution in [0.1, 0.15) is 22.8 Å². The van der Waals surface area contributed by atoms with E-state index in [1.54, 1.807) is 0 Å². The standard InChI is InChI=1S/C15H15F4NO4/c1-3-24-15(23)8(6-20-4-5-21)14(22)9-7(2)10(16)12(18)13(19)11(9)17/h6,20-21H,3-5H2,1-2H3/b8-6-. The number of hydrogen-bond donors (Lipinski definition) is 2. The lowest BCUT2D eigenvalue weighted by molar-refractivity contribution is -0.138. The number of rotatable bonds is 7. The van der Waals surface area contributed by atoms with E-state index in [0.29, 0.717) is 0 Å². The number of nitrogens with one attached hydrogen (secondary N) is 1. The van der Waals surface area contributed by atoms with Crippen molar-refractivity contribution in [2.45, 2.75) is 13.8 Å². The van der Waals surface area contributed by atoms with Crippen molar-refractivity contribution in [1.82, 2.24) is 5.32 Å². The Balaban J connectivity index is 3.44. The highest BCUT2D eigenvalue weighted by Crippen LogP contribution is 2.26. The Morgan fingerprint density at radius 3 is 2.25 bits per heavy atom. The van der Waals surface area contributed by atoms with E-state index in [2.05, 4.69) is 10.1 Å². The second-order valence-electron chi connectivity index (χ2n) is 4.54. The SMILES string of the molecule is CCOC(=O)/C(=C\NCCO)C(=O)c1c(C)c(F)c(F)c(F)c1F. The maximum atomic E-state index is 13.9. The van der Waals surface area contributed by atoms with Gasteiger partial charge in [0, 0.05) is 18.3 Å². The van der Waals surface area contributed by atoms with Crippen molar-refractivity contribution in [2.75, 3.05) is 19.8 Å². The van der Waals surface area contributed by atoms with Gasteiger partial charge >= 0.3 is 5.97 Å². The van der Waals surface area contributed by atoms with Crippen LogP contribution in [0, 0.1) is 30.2 Å². The van der Waals surface area contributed by atoms with Crippen LogP contribution in [-0.2, 0) is 9.53 Å². The lowest BCUT2D eigenvalue weighted by Crippen LogP contribution is -2.23. The van der Waals surface area contributed by atoms with Gasteiger partial charge in [0.2, 0.25) is 5.78 Å². The van der Waals surface area contributed by atoms with Crippen LogP contribution < -0.4 is 5.32 Å². The van der Waals surface area contributed by atoms with E-state index in [4.69, 9.17) is 5.11 Å². The highest BCUT2D eigenvalue weighted by atomic mass is 19.2. The van der Waals surface area contributed by atoms with Gasteiger partial charge in [0.1, 0.15) is 5.57 Å². The highest BCUT2D eigenvalue weighted by molar-refractivity contribution is 6.24. The lowest BCUT2D eigenvalue weighted by Gasteiger charge is -2.12. The molecule has 2 N–H and O–H groups in total. The molecule has 0 heterocycles. The van der Waals surface area contributed by atoms with Crippen molar-refractivity contribution in [1.29, 1.82) is 0 Å². The van der Waals surface area contributed by atoms with E-state index in [1.165, 1.54) is 6.92 Å². The van der Waals surface area contributed by atoms with E-state index in [-0.39, 0.29) is 19.8 Å². The van der Waals surface area contributed by atoms with Gasteiger partial charge in [-0.15, -0.1) is 0 Å². The van der Waals surface area contributed by atoms with E-state index in [9.17, 15) is 27.2 Å². The summed E-state index contributed by atoms with van der Waals surface area (Å²) in [6, 6.07) is 0. The number of carbonyl (C=O) groups is 2. The topological polar surface area (TPSA) is 75.6 Å². The zero-order valence-corrected chi connectivity index (χ0v) is 12.9. The van der Waals surface area contributed by atoms with Crippen LogP contribution in [0.25, 0.3) is 0 Å².